The van der Waals surface area contributed by atoms with Gasteiger partial charge in [0.25, 0.3) is 0 Å². The number of para-hydroxylation sites is 1. The van der Waals surface area contributed by atoms with Gasteiger partial charge in [-0.2, -0.15) is 0 Å². The van der Waals surface area contributed by atoms with Crippen LogP contribution >= 0.6 is 0 Å². The first-order valence-corrected chi connectivity index (χ1v) is 8.57. The summed E-state index contributed by atoms with van der Waals surface area (Å²) in [7, 11) is 0. The van der Waals surface area contributed by atoms with Crippen LogP contribution in [0.4, 0.5) is 5.69 Å². The molecule has 0 radical (unpaired) electrons. The summed E-state index contributed by atoms with van der Waals surface area (Å²) in [5.41, 5.74) is 4.15. The molecule has 0 aliphatic carbocycles. The molecule has 120 valence electrons. The number of ether oxygens (including phenoxy) is 1. The fourth-order valence-electron chi connectivity index (χ4n) is 3.83. The van der Waals surface area contributed by atoms with E-state index >= 15 is 0 Å². The van der Waals surface area contributed by atoms with Crippen LogP contribution in [-0.4, -0.2) is 37.7 Å². The lowest BCUT2D eigenvalue weighted by Crippen LogP contribution is -2.49. The molecule has 3 nitrogen and oxygen atoms in total. The van der Waals surface area contributed by atoms with Crippen molar-refractivity contribution in [3.8, 4) is 0 Å². The molecule has 3 heteroatoms. The molecule has 0 bridgehead atoms. The minimum atomic E-state index is 0.216. The Morgan fingerprint density at radius 2 is 1.48 bits per heavy atom. The third-order valence-electron chi connectivity index (χ3n) is 5.17. The Hall–Kier alpha value is -1.84. The second kappa shape index (κ2) is 6.34. The van der Waals surface area contributed by atoms with Crippen molar-refractivity contribution in [2.45, 2.75) is 19.1 Å². The molecule has 2 aromatic carbocycles. The lowest BCUT2D eigenvalue weighted by atomic mass is 9.93. The molecule has 2 heterocycles. The molecular formula is C20H24N2O. The van der Waals surface area contributed by atoms with E-state index in [1.54, 1.807) is 0 Å². The maximum atomic E-state index is 6.03. The largest absolute Gasteiger partial charge is 0.372 e. The summed E-state index contributed by atoms with van der Waals surface area (Å²) in [6.45, 7) is 7.31. The second-order valence-electron chi connectivity index (χ2n) is 6.48. The molecule has 0 amide bonds. The minimum absolute atomic E-state index is 0.216. The highest BCUT2D eigenvalue weighted by molar-refractivity contribution is 5.46. The van der Waals surface area contributed by atoms with Gasteiger partial charge in [-0.05, 0) is 30.2 Å². The van der Waals surface area contributed by atoms with Crippen LogP contribution in [0.25, 0.3) is 0 Å². The van der Waals surface area contributed by atoms with Crippen LogP contribution in [-0.2, 0) is 4.74 Å². The lowest BCUT2D eigenvalue weighted by molar-refractivity contribution is -0.00471. The average Bonchev–Trinajstić information content (AvgIpc) is 2.63. The Morgan fingerprint density at radius 1 is 0.826 bits per heavy atom. The molecule has 0 aromatic heterocycles. The van der Waals surface area contributed by atoms with Gasteiger partial charge in [-0.15, -0.1) is 0 Å². The summed E-state index contributed by atoms with van der Waals surface area (Å²) in [6, 6.07) is 19.9. The SMILES string of the molecule is CC1OCC(N2CCN(c3ccccc3)CC2)c2ccccc21. The third-order valence-corrected chi connectivity index (χ3v) is 5.17. The van der Waals surface area contributed by atoms with Crippen molar-refractivity contribution < 1.29 is 4.74 Å². The molecule has 0 N–H and O–H groups in total. The number of benzene rings is 2. The molecule has 0 saturated carbocycles. The van der Waals surface area contributed by atoms with E-state index in [2.05, 4.69) is 71.3 Å². The molecule has 4 rings (SSSR count). The molecule has 1 fully saturated rings. The van der Waals surface area contributed by atoms with E-state index in [1.807, 2.05) is 0 Å². The highest BCUT2D eigenvalue weighted by Gasteiger charge is 2.31. The van der Waals surface area contributed by atoms with Gasteiger partial charge in [-0.3, -0.25) is 4.90 Å². The van der Waals surface area contributed by atoms with Crippen LogP contribution in [0.2, 0.25) is 0 Å². The van der Waals surface area contributed by atoms with E-state index in [1.165, 1.54) is 16.8 Å². The Bertz CT molecular complexity index is 650. The first-order valence-electron chi connectivity index (χ1n) is 8.57. The maximum absolute atomic E-state index is 6.03. The van der Waals surface area contributed by atoms with Crippen LogP contribution in [0.5, 0.6) is 0 Å². The van der Waals surface area contributed by atoms with Crippen LogP contribution in [0.1, 0.15) is 30.2 Å². The van der Waals surface area contributed by atoms with Gasteiger partial charge in [-0.1, -0.05) is 42.5 Å². The molecule has 2 aliphatic rings. The zero-order valence-corrected chi connectivity index (χ0v) is 13.7. The van der Waals surface area contributed by atoms with Gasteiger partial charge in [-0.25, -0.2) is 0 Å². The van der Waals surface area contributed by atoms with Crippen LogP contribution in [0, 0.1) is 0 Å². The fourth-order valence-corrected chi connectivity index (χ4v) is 3.83. The summed E-state index contributed by atoms with van der Waals surface area (Å²) in [4.78, 5) is 5.07. The van der Waals surface area contributed by atoms with E-state index in [0.29, 0.717) is 6.04 Å². The highest BCUT2D eigenvalue weighted by atomic mass is 16.5. The van der Waals surface area contributed by atoms with E-state index in [-0.39, 0.29) is 6.10 Å². The zero-order chi connectivity index (χ0) is 15.6. The topological polar surface area (TPSA) is 15.7 Å². The molecule has 2 aromatic rings. The Morgan fingerprint density at radius 3 is 2.22 bits per heavy atom. The van der Waals surface area contributed by atoms with E-state index in [4.69, 9.17) is 4.74 Å². The lowest BCUT2D eigenvalue weighted by Gasteiger charge is -2.43. The average molecular weight is 308 g/mol. The number of nitrogens with zero attached hydrogens (tertiary/aromatic N) is 2. The van der Waals surface area contributed by atoms with E-state index in [0.717, 1.165) is 32.8 Å². The second-order valence-corrected chi connectivity index (χ2v) is 6.48. The van der Waals surface area contributed by atoms with Crippen molar-refractivity contribution in [3.63, 3.8) is 0 Å². The molecular weight excluding hydrogens is 284 g/mol. The number of piperazine rings is 1. The summed E-state index contributed by atoms with van der Waals surface area (Å²) < 4.78 is 6.03. The van der Waals surface area contributed by atoms with Crippen molar-refractivity contribution in [3.05, 3.63) is 65.7 Å². The van der Waals surface area contributed by atoms with Gasteiger partial charge in [0.15, 0.2) is 0 Å². The summed E-state index contributed by atoms with van der Waals surface area (Å²) in [5, 5.41) is 0. The Balaban J connectivity index is 1.48. The normalized spacial score (nSPS) is 25.2. The van der Waals surface area contributed by atoms with Crippen molar-refractivity contribution in [1.82, 2.24) is 4.90 Å². The number of rotatable bonds is 2. The van der Waals surface area contributed by atoms with Crippen LogP contribution < -0.4 is 4.90 Å². The Labute approximate surface area is 138 Å². The van der Waals surface area contributed by atoms with Gasteiger partial charge in [0.1, 0.15) is 0 Å². The molecule has 1 saturated heterocycles. The number of hydrogen-bond acceptors (Lipinski definition) is 3. The quantitative estimate of drug-likeness (QED) is 0.842. The maximum Gasteiger partial charge on any atom is 0.0801 e. The van der Waals surface area contributed by atoms with Crippen LogP contribution in [0.15, 0.2) is 54.6 Å². The van der Waals surface area contributed by atoms with Crippen molar-refractivity contribution in [2.75, 3.05) is 37.7 Å². The number of anilines is 1. The number of hydrogen-bond donors (Lipinski definition) is 0. The van der Waals surface area contributed by atoms with Gasteiger partial charge >= 0.3 is 0 Å². The predicted octanol–water partition coefficient (Wildman–Crippen LogP) is 3.64. The van der Waals surface area contributed by atoms with Crippen molar-refractivity contribution in [2.24, 2.45) is 0 Å². The molecule has 2 aliphatic heterocycles. The zero-order valence-electron chi connectivity index (χ0n) is 13.7. The minimum Gasteiger partial charge on any atom is -0.372 e. The summed E-state index contributed by atoms with van der Waals surface area (Å²) in [6.07, 6.45) is 0.216. The van der Waals surface area contributed by atoms with E-state index in [9.17, 15) is 0 Å². The smallest absolute Gasteiger partial charge is 0.0801 e. The monoisotopic (exact) mass is 308 g/mol. The third kappa shape index (κ3) is 2.87. The molecule has 2 unspecified atom stereocenters. The molecule has 0 spiro atoms. The molecule has 2 atom stereocenters. The van der Waals surface area contributed by atoms with Crippen molar-refractivity contribution >= 4 is 5.69 Å². The summed E-state index contributed by atoms with van der Waals surface area (Å²) in [5.74, 6) is 0. The van der Waals surface area contributed by atoms with Crippen molar-refractivity contribution in [1.29, 1.82) is 0 Å². The fraction of sp³-hybridized carbons (Fsp3) is 0.400. The van der Waals surface area contributed by atoms with Crippen LogP contribution in [0.3, 0.4) is 0 Å². The predicted molar refractivity (Wildman–Crippen MR) is 93.8 cm³/mol. The van der Waals surface area contributed by atoms with Gasteiger partial charge in [0.2, 0.25) is 0 Å². The van der Waals surface area contributed by atoms with E-state index < -0.39 is 0 Å². The first kappa shape index (κ1) is 14.7. The highest BCUT2D eigenvalue weighted by Crippen LogP contribution is 2.36. The number of fused-ring (bicyclic) bond motifs is 1. The molecule has 23 heavy (non-hydrogen) atoms. The summed E-state index contributed by atoms with van der Waals surface area (Å²) >= 11 is 0. The standard InChI is InChI=1S/C20H24N2O/c1-16-18-9-5-6-10-19(18)20(15-23-16)22-13-11-21(12-14-22)17-7-3-2-4-8-17/h2-10,16,20H,11-15H2,1H3. The first-order chi connectivity index (χ1) is 11.3. The van der Waals surface area contributed by atoms with Gasteiger partial charge < -0.3 is 9.64 Å². The van der Waals surface area contributed by atoms with Gasteiger partial charge in [0, 0.05) is 31.9 Å². The van der Waals surface area contributed by atoms with Gasteiger partial charge in [0.05, 0.1) is 18.8 Å². The Kier molecular flexibility index (Phi) is 4.06.